The van der Waals surface area contributed by atoms with Crippen molar-refractivity contribution < 1.29 is 14.4 Å². The summed E-state index contributed by atoms with van der Waals surface area (Å²) >= 11 is 8.56. The first-order chi connectivity index (χ1) is 27.6. The van der Waals surface area contributed by atoms with E-state index in [1.54, 1.807) is 19.4 Å². The normalized spacial score (nSPS) is 18.5. The van der Waals surface area contributed by atoms with Crippen LogP contribution in [0.25, 0.3) is 22.0 Å². The van der Waals surface area contributed by atoms with Crippen LogP contribution in [0.5, 0.6) is 0 Å². The average molecular weight is 810 g/mol. The van der Waals surface area contributed by atoms with Gasteiger partial charge < -0.3 is 37.3 Å². The number of aromatic amines is 1. The Morgan fingerprint density at radius 1 is 0.842 bits per heavy atom. The van der Waals surface area contributed by atoms with Gasteiger partial charge in [0, 0.05) is 66.1 Å². The number of para-hydroxylation sites is 1. The molecular formula is C43H52ClN9O3S. The fraction of sp³-hybridized carbons (Fsp3) is 0.372. The van der Waals surface area contributed by atoms with E-state index in [2.05, 4.69) is 25.9 Å². The van der Waals surface area contributed by atoms with Gasteiger partial charge in [0.15, 0.2) is 0 Å². The molecule has 300 valence electrons. The molecule has 3 aromatic heterocycles. The molecule has 14 heteroatoms. The second-order valence-electron chi connectivity index (χ2n) is 14.6. The number of rotatable bonds is 10. The van der Waals surface area contributed by atoms with Gasteiger partial charge in [0.2, 0.25) is 17.7 Å². The number of halogens is 1. The quantitative estimate of drug-likeness (QED) is 0.0985. The number of hydrogen-bond donors (Lipinski definition) is 6. The van der Waals surface area contributed by atoms with Crippen molar-refractivity contribution in [2.45, 2.75) is 93.5 Å². The van der Waals surface area contributed by atoms with Crippen molar-refractivity contribution in [3.63, 3.8) is 0 Å². The molecule has 0 fully saturated rings. The second kappa shape index (κ2) is 19.6. The number of aryl methyl sites for hydroxylation is 2. The van der Waals surface area contributed by atoms with Crippen LogP contribution in [0.15, 0.2) is 83.0 Å². The Kier molecular flexibility index (Phi) is 14.4. The van der Waals surface area contributed by atoms with E-state index >= 15 is 0 Å². The molecule has 8 N–H and O–H groups in total. The van der Waals surface area contributed by atoms with E-state index < -0.39 is 18.1 Å². The lowest BCUT2D eigenvalue weighted by molar-refractivity contribution is -0.142. The lowest BCUT2D eigenvalue weighted by atomic mass is 9.99. The first-order valence-electron chi connectivity index (χ1n) is 19.5. The lowest BCUT2D eigenvalue weighted by Gasteiger charge is -2.32. The molecule has 4 heterocycles. The van der Waals surface area contributed by atoms with Crippen LogP contribution in [0, 0.1) is 13.8 Å². The van der Waals surface area contributed by atoms with Crippen molar-refractivity contribution in [3.8, 4) is 11.1 Å². The third-order valence-electron chi connectivity index (χ3n) is 10.5. The van der Waals surface area contributed by atoms with Gasteiger partial charge in [-0.05, 0) is 123 Å². The molecule has 0 aliphatic carbocycles. The number of fused-ring (bicyclic) bond motifs is 3. The summed E-state index contributed by atoms with van der Waals surface area (Å²) in [6.45, 7) is 5.22. The molecule has 0 radical (unpaired) electrons. The summed E-state index contributed by atoms with van der Waals surface area (Å²) in [7, 11) is 1.64. The van der Waals surface area contributed by atoms with Crippen molar-refractivity contribution in [1.29, 1.82) is 0 Å². The Hall–Kier alpha value is -4.79. The number of nitrogens with zero attached hydrogens (tertiary/aromatic N) is 3. The van der Waals surface area contributed by atoms with E-state index in [-0.39, 0.29) is 30.7 Å². The molecule has 3 atom stereocenters. The highest BCUT2D eigenvalue weighted by Gasteiger charge is 2.34. The maximum Gasteiger partial charge on any atom is 0.245 e. The number of carbonyl (C=O) groups excluding carboxylic acids is 3. The first-order valence-corrected chi connectivity index (χ1v) is 20.7. The molecule has 1 aliphatic rings. The van der Waals surface area contributed by atoms with Gasteiger partial charge in [-0.25, -0.2) is 4.98 Å². The van der Waals surface area contributed by atoms with Crippen molar-refractivity contribution in [1.82, 2.24) is 35.8 Å². The van der Waals surface area contributed by atoms with Gasteiger partial charge in [-0.15, -0.1) is 0 Å². The summed E-state index contributed by atoms with van der Waals surface area (Å²) < 4.78 is 0. The Balaban J connectivity index is 1.46. The molecule has 0 bridgehead atoms. The number of pyridine rings is 2. The number of amides is 3. The van der Waals surface area contributed by atoms with Gasteiger partial charge in [-0.2, -0.15) is 0 Å². The van der Waals surface area contributed by atoms with E-state index in [0.29, 0.717) is 61.8 Å². The van der Waals surface area contributed by atoms with Gasteiger partial charge in [-0.3, -0.25) is 19.4 Å². The van der Waals surface area contributed by atoms with E-state index in [1.165, 1.54) is 16.7 Å². The zero-order chi connectivity index (χ0) is 40.5. The Labute approximate surface area is 343 Å². The lowest BCUT2D eigenvalue weighted by Crippen LogP contribution is -2.57. The second-order valence-corrected chi connectivity index (χ2v) is 16.0. The maximum absolute atomic E-state index is 14.7. The summed E-state index contributed by atoms with van der Waals surface area (Å²) in [6.07, 6.45) is 6.44. The minimum atomic E-state index is -0.925. The standard InChI is InChI=1S/C43H52ClN9O3S/c1-26-20-28(15-19-47-26)30-21-31-25-50-41(55)38(23-33-27(2)51-35-12-5-4-11-32(33)35)53(3)43(56)37(13-6-7-16-45)52-40(54)36(14-8-17-46)49-24-29-10-9-18-48-42(29)57-39(31)34(44)22-30/h4-5,9-12,15,18-22,36-38,49,51H,6-8,13-14,16-17,23-25,45-46H2,1-3H3,(H,50,55)(H,52,54)/t36-,37-,38-/m0/s1. The van der Waals surface area contributed by atoms with Gasteiger partial charge in [0.1, 0.15) is 17.1 Å². The molecule has 6 rings (SSSR count). The number of nitrogens with one attached hydrogen (secondary N) is 4. The van der Waals surface area contributed by atoms with Crippen LogP contribution in [0.1, 0.15) is 60.2 Å². The van der Waals surface area contributed by atoms with E-state index in [9.17, 15) is 14.4 Å². The average Bonchev–Trinajstić information content (AvgIpc) is 3.53. The number of nitrogens with two attached hydrogens (primary N) is 2. The number of benzene rings is 2. The number of aromatic nitrogens is 3. The Bertz CT molecular complexity index is 2210. The number of likely N-dealkylation sites (N-methyl/N-ethyl adjacent to an activating group) is 1. The topological polar surface area (TPSA) is 184 Å². The molecular weight excluding hydrogens is 758 g/mol. The van der Waals surface area contributed by atoms with E-state index in [0.717, 1.165) is 55.0 Å². The number of unbranched alkanes of at least 4 members (excludes halogenated alkanes) is 1. The van der Waals surface area contributed by atoms with Crippen LogP contribution in [0.2, 0.25) is 5.02 Å². The van der Waals surface area contributed by atoms with Crippen LogP contribution in [0.4, 0.5) is 0 Å². The molecule has 1 aliphatic heterocycles. The molecule has 2 aromatic carbocycles. The molecule has 0 saturated carbocycles. The SMILES string of the molecule is Cc1cc(-c2cc(Cl)c3c(c2)CNC(=O)[C@H](Cc2c(C)[nH]c4ccccc24)N(C)C(=O)[C@H](CCCCN)NC(=O)[C@H](CCCN)NCc2cccnc2S3)ccn1. The van der Waals surface area contributed by atoms with Gasteiger partial charge in [0.25, 0.3) is 0 Å². The highest BCUT2D eigenvalue weighted by Crippen LogP contribution is 2.40. The summed E-state index contributed by atoms with van der Waals surface area (Å²) in [5, 5.41) is 11.9. The molecule has 57 heavy (non-hydrogen) atoms. The van der Waals surface area contributed by atoms with Crippen LogP contribution < -0.4 is 27.4 Å². The monoisotopic (exact) mass is 809 g/mol. The first kappa shape index (κ1) is 41.8. The third kappa shape index (κ3) is 10.2. The zero-order valence-electron chi connectivity index (χ0n) is 32.7. The molecule has 0 saturated heterocycles. The van der Waals surface area contributed by atoms with Crippen LogP contribution >= 0.6 is 23.4 Å². The van der Waals surface area contributed by atoms with Crippen molar-refractivity contribution in [3.05, 3.63) is 106 Å². The van der Waals surface area contributed by atoms with Crippen molar-refractivity contribution in [2.24, 2.45) is 11.5 Å². The molecule has 0 spiro atoms. The predicted octanol–water partition coefficient (Wildman–Crippen LogP) is 5.56. The summed E-state index contributed by atoms with van der Waals surface area (Å²) in [6, 6.07) is 17.2. The molecule has 0 unspecified atom stereocenters. The van der Waals surface area contributed by atoms with E-state index in [1.807, 2.05) is 74.5 Å². The van der Waals surface area contributed by atoms with E-state index in [4.69, 9.17) is 28.1 Å². The summed E-state index contributed by atoms with van der Waals surface area (Å²) in [5.74, 6) is -1.01. The Morgan fingerprint density at radius 2 is 1.63 bits per heavy atom. The van der Waals surface area contributed by atoms with Crippen LogP contribution in [0.3, 0.4) is 0 Å². The number of carbonyl (C=O) groups is 3. The van der Waals surface area contributed by atoms with Crippen molar-refractivity contribution in [2.75, 3.05) is 20.1 Å². The smallest absolute Gasteiger partial charge is 0.245 e. The maximum atomic E-state index is 14.7. The third-order valence-corrected chi connectivity index (χ3v) is 12.2. The number of H-pyrrole nitrogens is 1. The minimum absolute atomic E-state index is 0.127. The fourth-order valence-electron chi connectivity index (χ4n) is 7.33. The molecule has 3 amide bonds. The van der Waals surface area contributed by atoms with Crippen molar-refractivity contribution >= 4 is 52.0 Å². The van der Waals surface area contributed by atoms with Crippen LogP contribution in [-0.2, 0) is 33.9 Å². The highest BCUT2D eigenvalue weighted by molar-refractivity contribution is 7.99. The fourth-order valence-corrected chi connectivity index (χ4v) is 8.69. The van der Waals surface area contributed by atoms with Crippen LogP contribution in [-0.4, -0.2) is 75.8 Å². The van der Waals surface area contributed by atoms with Gasteiger partial charge in [0.05, 0.1) is 11.1 Å². The summed E-state index contributed by atoms with van der Waals surface area (Å²) in [5.41, 5.74) is 18.9. The number of hydrogen-bond acceptors (Lipinski definition) is 9. The highest BCUT2D eigenvalue weighted by atomic mass is 35.5. The zero-order valence-corrected chi connectivity index (χ0v) is 34.3. The Morgan fingerprint density at radius 3 is 2.42 bits per heavy atom. The largest absolute Gasteiger partial charge is 0.358 e. The minimum Gasteiger partial charge on any atom is -0.358 e. The summed E-state index contributed by atoms with van der Waals surface area (Å²) in [4.78, 5) is 58.2. The predicted molar refractivity (Wildman–Crippen MR) is 227 cm³/mol. The van der Waals surface area contributed by atoms with Gasteiger partial charge in [-0.1, -0.05) is 47.6 Å². The molecule has 5 aromatic rings. The molecule has 12 nitrogen and oxygen atoms in total. The van der Waals surface area contributed by atoms with Gasteiger partial charge >= 0.3 is 0 Å².